The van der Waals surface area contributed by atoms with E-state index in [1.54, 1.807) is 37.5 Å². The Morgan fingerprint density at radius 2 is 2.08 bits per heavy atom. The van der Waals surface area contributed by atoms with Crippen LogP contribution in [0.15, 0.2) is 48.8 Å². The summed E-state index contributed by atoms with van der Waals surface area (Å²) in [5.74, 6) is -0.160. The Kier molecular flexibility index (Phi) is 5.24. The SMILES string of the molecule is CCN(c1ccc2sc(C(=O)NCc3cccnc3)cc2c1)S(C)(=O)=O. The van der Waals surface area contributed by atoms with Crippen LogP contribution in [-0.4, -0.2) is 32.1 Å². The van der Waals surface area contributed by atoms with Crippen LogP contribution in [-0.2, 0) is 16.6 Å². The Labute approximate surface area is 156 Å². The summed E-state index contributed by atoms with van der Waals surface area (Å²) in [6.07, 6.45) is 4.58. The molecule has 0 saturated heterocycles. The van der Waals surface area contributed by atoms with Gasteiger partial charge in [0.1, 0.15) is 0 Å². The van der Waals surface area contributed by atoms with Crippen molar-refractivity contribution in [1.29, 1.82) is 0 Å². The van der Waals surface area contributed by atoms with Gasteiger partial charge in [-0.15, -0.1) is 11.3 Å². The lowest BCUT2D eigenvalue weighted by atomic mass is 10.2. The summed E-state index contributed by atoms with van der Waals surface area (Å²) >= 11 is 1.38. The molecular formula is C18H19N3O3S2. The Bertz CT molecular complexity index is 1030. The number of nitrogens with zero attached hydrogens (tertiary/aromatic N) is 2. The molecule has 2 aromatic heterocycles. The highest BCUT2D eigenvalue weighted by Gasteiger charge is 2.17. The van der Waals surface area contributed by atoms with Gasteiger partial charge >= 0.3 is 0 Å². The largest absolute Gasteiger partial charge is 0.347 e. The Morgan fingerprint density at radius 3 is 2.73 bits per heavy atom. The van der Waals surface area contributed by atoms with Gasteiger partial charge in [-0.25, -0.2) is 8.42 Å². The van der Waals surface area contributed by atoms with Gasteiger partial charge in [-0.1, -0.05) is 6.07 Å². The molecule has 0 unspecified atom stereocenters. The van der Waals surface area contributed by atoms with E-state index in [9.17, 15) is 13.2 Å². The fraction of sp³-hybridized carbons (Fsp3) is 0.222. The highest BCUT2D eigenvalue weighted by atomic mass is 32.2. The van der Waals surface area contributed by atoms with Crippen LogP contribution in [0, 0.1) is 0 Å². The van der Waals surface area contributed by atoms with Gasteiger partial charge in [0.25, 0.3) is 5.91 Å². The molecule has 0 bridgehead atoms. The smallest absolute Gasteiger partial charge is 0.261 e. The lowest BCUT2D eigenvalue weighted by Crippen LogP contribution is -2.29. The second-order valence-corrected chi connectivity index (χ2v) is 8.80. The third kappa shape index (κ3) is 4.03. The predicted molar refractivity (Wildman–Crippen MR) is 105 cm³/mol. The third-order valence-corrected chi connectivity index (χ3v) is 6.26. The lowest BCUT2D eigenvalue weighted by Gasteiger charge is -2.20. The van der Waals surface area contributed by atoms with Crippen molar-refractivity contribution in [2.45, 2.75) is 13.5 Å². The molecule has 8 heteroatoms. The maximum atomic E-state index is 12.4. The lowest BCUT2D eigenvalue weighted by molar-refractivity contribution is 0.0955. The maximum absolute atomic E-state index is 12.4. The number of benzene rings is 1. The van der Waals surface area contributed by atoms with Crippen LogP contribution >= 0.6 is 11.3 Å². The monoisotopic (exact) mass is 389 g/mol. The molecule has 0 atom stereocenters. The van der Waals surface area contributed by atoms with E-state index in [0.717, 1.165) is 15.6 Å². The number of hydrogen-bond acceptors (Lipinski definition) is 5. The zero-order chi connectivity index (χ0) is 18.7. The Hall–Kier alpha value is -2.45. The molecule has 136 valence electrons. The number of hydrogen-bond donors (Lipinski definition) is 1. The minimum atomic E-state index is -3.33. The van der Waals surface area contributed by atoms with Crippen LogP contribution in [0.4, 0.5) is 5.69 Å². The van der Waals surface area contributed by atoms with Crippen molar-refractivity contribution in [3.05, 3.63) is 59.2 Å². The molecule has 26 heavy (non-hydrogen) atoms. The molecule has 1 N–H and O–H groups in total. The molecule has 0 aliphatic heterocycles. The molecule has 0 aliphatic rings. The average Bonchev–Trinajstić information content (AvgIpc) is 3.03. The van der Waals surface area contributed by atoms with Crippen molar-refractivity contribution in [1.82, 2.24) is 10.3 Å². The summed E-state index contributed by atoms with van der Waals surface area (Å²) in [6, 6.07) is 10.9. The van der Waals surface area contributed by atoms with Gasteiger partial charge in [-0.3, -0.25) is 14.1 Å². The molecule has 3 aromatic rings. The normalized spacial score (nSPS) is 11.5. The van der Waals surface area contributed by atoms with Crippen molar-refractivity contribution in [2.24, 2.45) is 0 Å². The summed E-state index contributed by atoms with van der Waals surface area (Å²) < 4.78 is 26.1. The minimum absolute atomic E-state index is 0.160. The number of fused-ring (bicyclic) bond motifs is 1. The van der Waals surface area contributed by atoms with Gasteiger partial charge < -0.3 is 5.32 Å². The zero-order valence-corrected chi connectivity index (χ0v) is 16.1. The summed E-state index contributed by atoms with van der Waals surface area (Å²) in [7, 11) is -3.33. The topological polar surface area (TPSA) is 79.4 Å². The van der Waals surface area contributed by atoms with Crippen LogP contribution in [0.1, 0.15) is 22.2 Å². The van der Waals surface area contributed by atoms with Crippen LogP contribution in [0.5, 0.6) is 0 Å². The zero-order valence-electron chi connectivity index (χ0n) is 14.5. The van der Waals surface area contributed by atoms with E-state index in [4.69, 9.17) is 0 Å². The minimum Gasteiger partial charge on any atom is -0.347 e. The molecule has 0 radical (unpaired) electrons. The van der Waals surface area contributed by atoms with Crippen molar-refractivity contribution in [2.75, 3.05) is 17.1 Å². The first kappa shape index (κ1) is 18.3. The Balaban J connectivity index is 1.81. The van der Waals surface area contributed by atoms with Gasteiger partial charge in [0, 0.05) is 30.2 Å². The number of nitrogens with one attached hydrogen (secondary N) is 1. The number of sulfonamides is 1. The maximum Gasteiger partial charge on any atom is 0.261 e. The van der Waals surface area contributed by atoms with Crippen LogP contribution in [0.25, 0.3) is 10.1 Å². The van der Waals surface area contributed by atoms with E-state index >= 15 is 0 Å². The van der Waals surface area contributed by atoms with Crippen molar-refractivity contribution in [3.63, 3.8) is 0 Å². The second-order valence-electron chi connectivity index (χ2n) is 5.80. The molecule has 1 amide bonds. The number of amides is 1. The first-order valence-corrected chi connectivity index (χ1v) is 10.7. The number of aromatic nitrogens is 1. The van der Waals surface area contributed by atoms with E-state index in [-0.39, 0.29) is 5.91 Å². The first-order valence-electron chi connectivity index (χ1n) is 8.07. The van der Waals surface area contributed by atoms with Crippen LogP contribution in [0.3, 0.4) is 0 Å². The van der Waals surface area contributed by atoms with E-state index in [1.807, 2.05) is 18.2 Å². The summed E-state index contributed by atoms with van der Waals surface area (Å²) in [6.45, 7) is 2.55. The van der Waals surface area contributed by atoms with Gasteiger partial charge in [-0.2, -0.15) is 0 Å². The molecule has 0 saturated carbocycles. The van der Waals surface area contributed by atoms with E-state index in [0.29, 0.717) is 23.7 Å². The second kappa shape index (κ2) is 7.43. The number of carbonyl (C=O) groups is 1. The Morgan fingerprint density at radius 1 is 1.27 bits per heavy atom. The van der Waals surface area contributed by atoms with E-state index in [2.05, 4.69) is 10.3 Å². The number of carbonyl (C=O) groups excluding carboxylic acids is 1. The van der Waals surface area contributed by atoms with Gasteiger partial charge in [0.2, 0.25) is 10.0 Å². The first-order chi connectivity index (χ1) is 12.4. The summed E-state index contributed by atoms with van der Waals surface area (Å²) in [5, 5.41) is 3.72. The number of anilines is 1. The fourth-order valence-electron chi connectivity index (χ4n) is 2.68. The number of rotatable bonds is 6. The average molecular weight is 390 g/mol. The molecule has 6 nitrogen and oxygen atoms in total. The number of thiophene rings is 1. The van der Waals surface area contributed by atoms with Gasteiger partial charge in [0.15, 0.2) is 0 Å². The summed E-state index contributed by atoms with van der Waals surface area (Å²) in [5.41, 5.74) is 1.53. The third-order valence-electron chi connectivity index (χ3n) is 3.88. The number of pyridine rings is 1. The molecule has 0 aliphatic carbocycles. The fourth-order valence-corrected chi connectivity index (χ4v) is 4.60. The van der Waals surface area contributed by atoms with Gasteiger partial charge in [0.05, 0.1) is 16.8 Å². The van der Waals surface area contributed by atoms with Crippen molar-refractivity contribution >= 4 is 43.0 Å². The quantitative estimate of drug-likeness (QED) is 0.703. The molecule has 3 rings (SSSR count). The van der Waals surface area contributed by atoms with E-state index < -0.39 is 10.0 Å². The van der Waals surface area contributed by atoms with Crippen LogP contribution < -0.4 is 9.62 Å². The molecule has 0 spiro atoms. The standard InChI is InChI=1S/C18H19N3O3S2/c1-3-21(26(2,23)24)15-6-7-16-14(9-15)10-17(25-16)18(22)20-12-13-5-4-8-19-11-13/h4-11H,3,12H2,1-2H3,(H,20,22). The highest BCUT2D eigenvalue weighted by molar-refractivity contribution is 7.92. The highest BCUT2D eigenvalue weighted by Crippen LogP contribution is 2.30. The van der Waals surface area contributed by atoms with Crippen molar-refractivity contribution in [3.8, 4) is 0 Å². The molecule has 1 aromatic carbocycles. The molecule has 2 heterocycles. The molecular weight excluding hydrogens is 370 g/mol. The summed E-state index contributed by atoms with van der Waals surface area (Å²) in [4.78, 5) is 17.0. The predicted octanol–water partition coefficient (Wildman–Crippen LogP) is 3.01. The van der Waals surface area contributed by atoms with Crippen LogP contribution in [0.2, 0.25) is 0 Å². The van der Waals surface area contributed by atoms with E-state index in [1.165, 1.54) is 21.9 Å². The van der Waals surface area contributed by atoms with Gasteiger partial charge in [-0.05, 0) is 48.2 Å². The van der Waals surface area contributed by atoms with Crippen molar-refractivity contribution < 1.29 is 13.2 Å². The molecule has 0 fully saturated rings.